The van der Waals surface area contributed by atoms with Crippen LogP contribution in [0.2, 0.25) is 0 Å². The molecule has 6 nitrogen and oxygen atoms in total. The average molecular weight is 248 g/mol. The molecule has 0 spiro atoms. The third kappa shape index (κ3) is 2.13. The second kappa shape index (κ2) is 4.64. The first kappa shape index (κ1) is 12.3. The molecular formula is C12H16N4O2. The summed E-state index contributed by atoms with van der Waals surface area (Å²) < 4.78 is 3.70. The van der Waals surface area contributed by atoms with E-state index in [2.05, 4.69) is 23.8 Å². The van der Waals surface area contributed by atoms with Crippen molar-refractivity contribution < 1.29 is 9.90 Å². The van der Waals surface area contributed by atoms with Crippen molar-refractivity contribution in [3.8, 4) is 0 Å². The molecule has 0 saturated heterocycles. The third-order valence-electron chi connectivity index (χ3n) is 2.90. The minimum absolute atomic E-state index is 0.198. The minimum Gasteiger partial charge on any atom is -0.477 e. The van der Waals surface area contributed by atoms with E-state index >= 15 is 0 Å². The third-order valence-corrected chi connectivity index (χ3v) is 2.90. The molecule has 0 saturated carbocycles. The zero-order valence-corrected chi connectivity index (χ0v) is 10.7. The lowest BCUT2D eigenvalue weighted by Gasteiger charge is -2.13. The summed E-state index contributed by atoms with van der Waals surface area (Å²) in [4.78, 5) is 19.3. The fourth-order valence-corrected chi connectivity index (χ4v) is 1.92. The van der Waals surface area contributed by atoms with Crippen LogP contribution in [-0.4, -0.2) is 30.2 Å². The quantitative estimate of drug-likeness (QED) is 0.894. The lowest BCUT2D eigenvalue weighted by molar-refractivity contribution is 0.0685. The molecule has 6 heteroatoms. The van der Waals surface area contributed by atoms with Crippen LogP contribution in [-0.2, 0) is 6.54 Å². The highest BCUT2D eigenvalue weighted by Crippen LogP contribution is 2.13. The van der Waals surface area contributed by atoms with Crippen LogP contribution in [0.15, 0.2) is 18.7 Å². The van der Waals surface area contributed by atoms with Crippen LogP contribution < -0.4 is 0 Å². The minimum atomic E-state index is -0.966. The van der Waals surface area contributed by atoms with Gasteiger partial charge in [0, 0.05) is 12.2 Å². The van der Waals surface area contributed by atoms with Crippen LogP contribution in [0.3, 0.4) is 0 Å². The van der Waals surface area contributed by atoms with E-state index in [0.29, 0.717) is 18.4 Å². The average Bonchev–Trinajstić information content (AvgIpc) is 2.87. The molecular weight excluding hydrogens is 232 g/mol. The van der Waals surface area contributed by atoms with Crippen LogP contribution in [0.25, 0.3) is 0 Å². The Morgan fingerprint density at radius 2 is 2.17 bits per heavy atom. The summed E-state index contributed by atoms with van der Waals surface area (Å²) in [5, 5.41) is 9.10. The van der Waals surface area contributed by atoms with Crippen molar-refractivity contribution in [1.29, 1.82) is 0 Å². The maximum atomic E-state index is 11.1. The molecule has 2 heterocycles. The van der Waals surface area contributed by atoms with Gasteiger partial charge in [0.2, 0.25) is 0 Å². The van der Waals surface area contributed by atoms with E-state index in [1.165, 1.54) is 6.20 Å². The largest absolute Gasteiger partial charge is 0.477 e. The van der Waals surface area contributed by atoms with Gasteiger partial charge in [-0.25, -0.2) is 14.8 Å². The summed E-state index contributed by atoms with van der Waals surface area (Å²) in [5.41, 5.74) is 1.16. The predicted molar refractivity (Wildman–Crippen MR) is 65.6 cm³/mol. The zero-order chi connectivity index (χ0) is 13.3. The summed E-state index contributed by atoms with van der Waals surface area (Å²) in [5.74, 6) is -0.282. The van der Waals surface area contributed by atoms with Gasteiger partial charge in [0.25, 0.3) is 0 Å². The highest BCUT2D eigenvalue weighted by Gasteiger charge is 2.15. The maximum Gasteiger partial charge on any atom is 0.354 e. The van der Waals surface area contributed by atoms with E-state index in [9.17, 15) is 4.79 Å². The van der Waals surface area contributed by atoms with Gasteiger partial charge in [0.05, 0.1) is 24.8 Å². The van der Waals surface area contributed by atoms with Gasteiger partial charge in [-0.3, -0.25) is 0 Å². The van der Waals surface area contributed by atoms with Crippen LogP contribution in [0, 0.1) is 6.92 Å². The molecule has 0 aliphatic carbocycles. The number of aryl methyl sites for hydroxylation is 1. The first-order chi connectivity index (χ1) is 8.50. The van der Waals surface area contributed by atoms with Crippen molar-refractivity contribution in [3.63, 3.8) is 0 Å². The summed E-state index contributed by atoms with van der Waals surface area (Å²) >= 11 is 0. The molecule has 0 aliphatic rings. The molecule has 2 aromatic rings. The van der Waals surface area contributed by atoms with Crippen molar-refractivity contribution in [1.82, 2.24) is 19.1 Å². The smallest absolute Gasteiger partial charge is 0.354 e. The van der Waals surface area contributed by atoms with E-state index in [4.69, 9.17) is 5.11 Å². The van der Waals surface area contributed by atoms with Crippen molar-refractivity contribution in [3.05, 3.63) is 35.9 Å². The molecule has 0 aromatic carbocycles. The topological polar surface area (TPSA) is 72.9 Å². The monoisotopic (exact) mass is 248 g/mol. The van der Waals surface area contributed by atoms with Gasteiger partial charge in [-0.05, 0) is 20.8 Å². The number of carbonyl (C=O) groups is 1. The molecule has 18 heavy (non-hydrogen) atoms. The molecule has 0 radical (unpaired) electrons. The van der Waals surface area contributed by atoms with Gasteiger partial charge in [0.1, 0.15) is 11.5 Å². The Hall–Kier alpha value is -2.11. The fraction of sp³-hybridized carbons (Fsp3) is 0.417. The molecule has 2 rings (SSSR count). The number of carboxylic acids is 1. The molecule has 0 bridgehead atoms. The van der Waals surface area contributed by atoms with Crippen LogP contribution in [0.4, 0.5) is 0 Å². The number of imidazole rings is 2. The summed E-state index contributed by atoms with van der Waals surface area (Å²) in [6.07, 6.45) is 4.89. The number of rotatable bonds is 4. The van der Waals surface area contributed by atoms with E-state index in [1.807, 2.05) is 4.57 Å². The second-order valence-electron chi connectivity index (χ2n) is 4.47. The van der Waals surface area contributed by atoms with Gasteiger partial charge in [-0.2, -0.15) is 0 Å². The highest BCUT2D eigenvalue weighted by atomic mass is 16.4. The molecule has 0 amide bonds. The van der Waals surface area contributed by atoms with Crippen molar-refractivity contribution in [2.75, 3.05) is 0 Å². The van der Waals surface area contributed by atoms with E-state index in [0.717, 1.165) is 5.69 Å². The maximum absolute atomic E-state index is 11.1. The van der Waals surface area contributed by atoms with E-state index in [-0.39, 0.29) is 5.69 Å². The standard InChI is InChI=1S/C12H16N4O2/c1-8(2)16-7-13-4-10(16)6-15-9(3)14-5-11(15)12(17)18/h4-5,7-8H,6H2,1-3H3,(H,17,18). The molecule has 0 unspecified atom stereocenters. The Kier molecular flexibility index (Phi) is 3.18. The Morgan fingerprint density at radius 3 is 2.78 bits per heavy atom. The number of aromatic nitrogens is 4. The van der Waals surface area contributed by atoms with Gasteiger partial charge >= 0.3 is 5.97 Å². The number of aromatic carboxylic acids is 1. The molecule has 96 valence electrons. The fourth-order valence-electron chi connectivity index (χ4n) is 1.92. The Bertz CT molecular complexity index is 568. The molecule has 0 aliphatic heterocycles. The van der Waals surface area contributed by atoms with Crippen LogP contribution in [0.5, 0.6) is 0 Å². The van der Waals surface area contributed by atoms with Crippen molar-refractivity contribution in [2.45, 2.75) is 33.4 Å². The second-order valence-corrected chi connectivity index (χ2v) is 4.47. The zero-order valence-electron chi connectivity index (χ0n) is 10.7. The number of nitrogens with zero attached hydrogens (tertiary/aromatic N) is 4. The Morgan fingerprint density at radius 1 is 1.44 bits per heavy atom. The normalized spacial score (nSPS) is 11.1. The van der Waals surface area contributed by atoms with Gasteiger partial charge in [-0.1, -0.05) is 0 Å². The molecule has 0 fully saturated rings. The molecule has 0 atom stereocenters. The predicted octanol–water partition coefficient (Wildman–Crippen LogP) is 1.72. The lowest BCUT2D eigenvalue weighted by Crippen LogP contribution is -2.14. The molecule has 2 aromatic heterocycles. The van der Waals surface area contributed by atoms with Crippen LogP contribution >= 0.6 is 0 Å². The molecule has 1 N–H and O–H groups in total. The Labute approximate surface area is 105 Å². The highest BCUT2D eigenvalue weighted by molar-refractivity contribution is 5.85. The first-order valence-electron chi connectivity index (χ1n) is 5.76. The van der Waals surface area contributed by atoms with Crippen LogP contribution in [0.1, 0.15) is 41.9 Å². The Balaban J connectivity index is 2.37. The van der Waals surface area contributed by atoms with Crippen molar-refractivity contribution in [2.24, 2.45) is 0 Å². The lowest BCUT2D eigenvalue weighted by atomic mass is 10.3. The number of carboxylic acid groups (broad SMARTS) is 1. The van der Waals surface area contributed by atoms with Crippen molar-refractivity contribution >= 4 is 5.97 Å². The summed E-state index contributed by atoms with van der Waals surface area (Å²) in [6, 6.07) is 0.291. The van der Waals surface area contributed by atoms with E-state index < -0.39 is 5.97 Å². The number of hydrogen-bond donors (Lipinski definition) is 1. The number of hydrogen-bond acceptors (Lipinski definition) is 3. The summed E-state index contributed by atoms with van der Waals surface area (Å²) in [6.45, 7) is 6.38. The summed E-state index contributed by atoms with van der Waals surface area (Å²) in [7, 11) is 0. The van der Waals surface area contributed by atoms with Gasteiger partial charge in [-0.15, -0.1) is 0 Å². The van der Waals surface area contributed by atoms with Gasteiger partial charge < -0.3 is 14.2 Å². The van der Waals surface area contributed by atoms with Gasteiger partial charge in [0.15, 0.2) is 0 Å². The van der Waals surface area contributed by atoms with E-state index in [1.54, 1.807) is 24.0 Å². The first-order valence-corrected chi connectivity index (χ1v) is 5.76. The SMILES string of the molecule is Cc1ncc(C(=O)O)n1Cc1cncn1C(C)C.